The van der Waals surface area contributed by atoms with Gasteiger partial charge in [-0.1, -0.05) is 6.07 Å². The van der Waals surface area contributed by atoms with Crippen molar-refractivity contribution in [2.24, 2.45) is 11.5 Å². The standard InChI is InChI=1S/C12H11N3O2.ClH/c13-11(16)8-2-1-7-5-9(12(14)17)3-4-15-10(7)6-8;/h1-6,15H,(H2,13,16)(H2,14,17);1H. The van der Waals surface area contributed by atoms with E-state index in [1.54, 1.807) is 36.6 Å². The highest BCUT2D eigenvalue weighted by molar-refractivity contribution is 6.01. The fraction of sp³-hybridized carbons (Fsp3) is 0. The molecule has 0 atom stereocenters. The number of carbonyl (C=O) groups excluding carboxylic acids is 2. The van der Waals surface area contributed by atoms with Crippen LogP contribution in [0, 0.1) is 0 Å². The largest absolute Gasteiger partial charge is 0.366 e. The maximum Gasteiger partial charge on any atom is 0.248 e. The summed E-state index contributed by atoms with van der Waals surface area (Å²) >= 11 is 0. The van der Waals surface area contributed by atoms with Crippen LogP contribution in [0.2, 0.25) is 0 Å². The lowest BCUT2D eigenvalue weighted by Gasteiger charge is -2.06. The number of fused-ring (bicyclic) bond motifs is 1. The fourth-order valence-corrected chi connectivity index (χ4v) is 1.55. The third-order valence-corrected chi connectivity index (χ3v) is 2.44. The molecule has 1 aliphatic rings. The molecule has 0 unspecified atom stereocenters. The molecule has 0 saturated heterocycles. The minimum atomic E-state index is -0.505. The van der Waals surface area contributed by atoms with Crippen LogP contribution in [0.5, 0.6) is 0 Å². The number of primary amides is 2. The maximum absolute atomic E-state index is 11.1. The third kappa shape index (κ3) is 2.70. The third-order valence-electron chi connectivity index (χ3n) is 2.44. The van der Waals surface area contributed by atoms with Gasteiger partial charge in [-0.15, -0.1) is 12.4 Å². The van der Waals surface area contributed by atoms with E-state index in [4.69, 9.17) is 11.5 Å². The fourth-order valence-electron chi connectivity index (χ4n) is 1.55. The number of benzene rings is 1. The highest BCUT2D eigenvalue weighted by Crippen LogP contribution is 2.23. The molecule has 18 heavy (non-hydrogen) atoms. The molecule has 0 spiro atoms. The lowest BCUT2D eigenvalue weighted by molar-refractivity contribution is -0.114. The summed E-state index contributed by atoms with van der Waals surface area (Å²) in [7, 11) is 0. The van der Waals surface area contributed by atoms with Gasteiger partial charge < -0.3 is 16.8 Å². The second-order valence-corrected chi connectivity index (χ2v) is 3.61. The Morgan fingerprint density at radius 1 is 1.11 bits per heavy atom. The van der Waals surface area contributed by atoms with Gasteiger partial charge in [0, 0.05) is 23.0 Å². The molecular formula is C12H12ClN3O2. The van der Waals surface area contributed by atoms with E-state index in [1.165, 1.54) is 0 Å². The van der Waals surface area contributed by atoms with E-state index in [2.05, 4.69) is 5.32 Å². The van der Waals surface area contributed by atoms with Crippen molar-refractivity contribution in [2.75, 3.05) is 5.32 Å². The predicted molar refractivity (Wildman–Crippen MR) is 72.1 cm³/mol. The number of anilines is 1. The van der Waals surface area contributed by atoms with Gasteiger partial charge in [0.1, 0.15) is 0 Å². The van der Waals surface area contributed by atoms with Crippen molar-refractivity contribution >= 4 is 36.0 Å². The van der Waals surface area contributed by atoms with Crippen molar-refractivity contribution < 1.29 is 9.59 Å². The minimum absolute atomic E-state index is 0. The minimum Gasteiger partial charge on any atom is -0.366 e. The summed E-state index contributed by atoms with van der Waals surface area (Å²) in [4.78, 5) is 22.1. The van der Waals surface area contributed by atoms with Crippen LogP contribution in [0.15, 0.2) is 36.0 Å². The first-order chi connectivity index (χ1) is 8.08. The van der Waals surface area contributed by atoms with Gasteiger partial charge in [-0.2, -0.15) is 0 Å². The number of nitrogens with one attached hydrogen (secondary N) is 1. The van der Waals surface area contributed by atoms with Crippen molar-refractivity contribution in [3.05, 3.63) is 47.2 Å². The zero-order chi connectivity index (χ0) is 12.4. The SMILES string of the molecule is Cl.NC(=O)C1=Cc2ccc(C(N)=O)cc2NC=C1. The molecular weight excluding hydrogens is 254 g/mol. The molecule has 0 saturated carbocycles. The van der Waals surface area contributed by atoms with Crippen LogP contribution in [-0.4, -0.2) is 11.8 Å². The highest BCUT2D eigenvalue weighted by atomic mass is 35.5. The number of hydrogen-bond donors (Lipinski definition) is 3. The quantitative estimate of drug-likeness (QED) is 0.744. The summed E-state index contributed by atoms with van der Waals surface area (Å²) in [6.07, 6.45) is 4.82. The van der Waals surface area contributed by atoms with E-state index in [9.17, 15) is 9.59 Å². The zero-order valence-electron chi connectivity index (χ0n) is 9.34. The molecule has 0 aromatic heterocycles. The number of nitrogens with two attached hydrogens (primary N) is 2. The van der Waals surface area contributed by atoms with Crippen LogP contribution in [0.4, 0.5) is 5.69 Å². The van der Waals surface area contributed by atoms with Crippen LogP contribution >= 0.6 is 12.4 Å². The molecule has 1 aromatic carbocycles. The van der Waals surface area contributed by atoms with E-state index in [1.807, 2.05) is 0 Å². The lowest BCUT2D eigenvalue weighted by Crippen LogP contribution is -2.12. The molecule has 0 aliphatic carbocycles. The molecule has 0 radical (unpaired) electrons. The molecule has 1 aromatic rings. The average Bonchev–Trinajstić information content (AvgIpc) is 2.49. The Balaban J connectivity index is 0.00000162. The lowest BCUT2D eigenvalue weighted by atomic mass is 10.1. The normalized spacial score (nSPS) is 12.3. The molecule has 0 fully saturated rings. The number of rotatable bonds is 2. The second kappa shape index (κ2) is 5.37. The summed E-state index contributed by atoms with van der Waals surface area (Å²) in [6.45, 7) is 0. The van der Waals surface area contributed by atoms with E-state index >= 15 is 0 Å². The molecule has 0 bridgehead atoms. The molecule has 5 N–H and O–H groups in total. The van der Waals surface area contributed by atoms with Crippen molar-refractivity contribution in [1.29, 1.82) is 0 Å². The average molecular weight is 266 g/mol. The molecule has 2 amide bonds. The molecule has 2 rings (SSSR count). The van der Waals surface area contributed by atoms with Crippen LogP contribution in [0.25, 0.3) is 6.08 Å². The van der Waals surface area contributed by atoms with Crippen molar-refractivity contribution in [2.45, 2.75) is 0 Å². The Morgan fingerprint density at radius 2 is 1.83 bits per heavy atom. The maximum atomic E-state index is 11.1. The molecule has 94 valence electrons. The van der Waals surface area contributed by atoms with Crippen LogP contribution in [0.3, 0.4) is 0 Å². The summed E-state index contributed by atoms with van der Waals surface area (Å²) < 4.78 is 0. The van der Waals surface area contributed by atoms with Crippen molar-refractivity contribution in [1.82, 2.24) is 0 Å². The summed E-state index contributed by atoms with van der Waals surface area (Å²) in [5.41, 5.74) is 12.7. The first-order valence-electron chi connectivity index (χ1n) is 4.96. The number of hydrogen-bond acceptors (Lipinski definition) is 3. The summed E-state index contributed by atoms with van der Waals surface area (Å²) in [5.74, 6) is -1.00. The van der Waals surface area contributed by atoms with Gasteiger partial charge in [0.2, 0.25) is 11.8 Å². The Bertz CT molecular complexity index is 564. The topological polar surface area (TPSA) is 98.2 Å². The number of amides is 2. The number of carbonyl (C=O) groups is 2. The Morgan fingerprint density at radius 3 is 2.44 bits per heavy atom. The monoisotopic (exact) mass is 265 g/mol. The summed E-state index contributed by atoms with van der Waals surface area (Å²) in [5, 5.41) is 2.96. The van der Waals surface area contributed by atoms with Gasteiger partial charge in [-0.25, -0.2) is 0 Å². The van der Waals surface area contributed by atoms with E-state index in [-0.39, 0.29) is 12.4 Å². The summed E-state index contributed by atoms with van der Waals surface area (Å²) in [6, 6.07) is 4.93. The van der Waals surface area contributed by atoms with Crippen molar-refractivity contribution in [3.63, 3.8) is 0 Å². The van der Waals surface area contributed by atoms with Gasteiger partial charge in [-0.3, -0.25) is 9.59 Å². The molecule has 6 heteroatoms. The Hall–Kier alpha value is -2.27. The molecule has 5 nitrogen and oxygen atoms in total. The Kier molecular flexibility index (Phi) is 4.12. The van der Waals surface area contributed by atoms with Crippen LogP contribution in [0.1, 0.15) is 15.9 Å². The van der Waals surface area contributed by atoms with E-state index < -0.39 is 11.8 Å². The van der Waals surface area contributed by atoms with Gasteiger partial charge >= 0.3 is 0 Å². The van der Waals surface area contributed by atoms with Gasteiger partial charge in [-0.05, 0) is 29.8 Å². The van der Waals surface area contributed by atoms with Gasteiger partial charge in [0.25, 0.3) is 0 Å². The smallest absolute Gasteiger partial charge is 0.248 e. The van der Waals surface area contributed by atoms with Crippen LogP contribution < -0.4 is 16.8 Å². The highest BCUT2D eigenvalue weighted by Gasteiger charge is 2.09. The number of halogens is 1. The van der Waals surface area contributed by atoms with Crippen molar-refractivity contribution in [3.8, 4) is 0 Å². The van der Waals surface area contributed by atoms with E-state index in [0.717, 1.165) is 5.56 Å². The van der Waals surface area contributed by atoms with Gasteiger partial charge in [0.05, 0.1) is 0 Å². The van der Waals surface area contributed by atoms with E-state index in [0.29, 0.717) is 16.8 Å². The molecule has 1 aliphatic heterocycles. The first kappa shape index (κ1) is 13.8. The second-order valence-electron chi connectivity index (χ2n) is 3.61. The van der Waals surface area contributed by atoms with Gasteiger partial charge in [0.15, 0.2) is 0 Å². The first-order valence-corrected chi connectivity index (χ1v) is 4.96. The predicted octanol–water partition coefficient (Wildman–Crippen LogP) is 1.02. The Labute approximate surface area is 110 Å². The zero-order valence-corrected chi connectivity index (χ0v) is 10.2. The molecule has 1 heterocycles. The van der Waals surface area contributed by atoms with Crippen LogP contribution in [-0.2, 0) is 4.79 Å².